The lowest BCUT2D eigenvalue weighted by Gasteiger charge is -2.21. The van der Waals surface area contributed by atoms with Gasteiger partial charge in [-0.3, -0.25) is 5.43 Å². The van der Waals surface area contributed by atoms with Crippen LogP contribution >= 0.6 is 0 Å². The van der Waals surface area contributed by atoms with Crippen molar-refractivity contribution in [2.24, 2.45) is 0 Å². The molecule has 2 N–H and O–H groups in total. The van der Waals surface area contributed by atoms with Gasteiger partial charge in [0, 0.05) is 0 Å². The second kappa shape index (κ2) is 5.60. The number of benzene rings is 1. The third kappa shape index (κ3) is 4.64. The van der Waals surface area contributed by atoms with Gasteiger partial charge in [0.15, 0.2) is 0 Å². The largest absolute Gasteiger partial charge is 0.443 e. The molecule has 0 aromatic heterocycles. The van der Waals surface area contributed by atoms with Crippen molar-refractivity contribution in [3.63, 3.8) is 0 Å². The molecule has 1 amide bonds. The standard InChI is InChI=1S/C13H17F3N2O2/c1-8-9(13(14,15)16)6-5-7-10(8)17-18-11(19)20-12(2,3)4/h5-7,17H,1-4H3,(H,18,19). The molecule has 7 heteroatoms. The zero-order valence-corrected chi connectivity index (χ0v) is 11.7. The minimum Gasteiger partial charge on any atom is -0.443 e. The van der Waals surface area contributed by atoms with Gasteiger partial charge in [-0.1, -0.05) is 6.07 Å². The first-order chi connectivity index (χ1) is 9.00. The van der Waals surface area contributed by atoms with E-state index in [0.29, 0.717) is 0 Å². The summed E-state index contributed by atoms with van der Waals surface area (Å²) in [7, 11) is 0. The molecule has 0 heterocycles. The summed E-state index contributed by atoms with van der Waals surface area (Å²) in [6.45, 7) is 6.37. The summed E-state index contributed by atoms with van der Waals surface area (Å²) in [4.78, 5) is 11.4. The number of hydrogen-bond acceptors (Lipinski definition) is 3. The predicted octanol–water partition coefficient (Wildman–Crippen LogP) is 3.87. The maximum Gasteiger partial charge on any atom is 0.426 e. The Bertz CT molecular complexity index is 493. The van der Waals surface area contributed by atoms with Crippen LogP contribution in [-0.2, 0) is 10.9 Å². The monoisotopic (exact) mass is 290 g/mol. The normalized spacial score (nSPS) is 11.9. The number of carbonyl (C=O) groups excluding carboxylic acids is 1. The van der Waals surface area contributed by atoms with E-state index < -0.39 is 23.4 Å². The highest BCUT2D eigenvalue weighted by Crippen LogP contribution is 2.34. The molecule has 0 aliphatic heterocycles. The minimum absolute atomic E-state index is 0.00365. The molecule has 0 aliphatic carbocycles. The highest BCUT2D eigenvalue weighted by molar-refractivity contribution is 5.70. The molecule has 0 spiro atoms. The van der Waals surface area contributed by atoms with Crippen LogP contribution < -0.4 is 10.9 Å². The molecule has 0 radical (unpaired) electrons. The number of amides is 1. The van der Waals surface area contributed by atoms with Crippen LogP contribution in [-0.4, -0.2) is 11.7 Å². The molecule has 4 nitrogen and oxygen atoms in total. The van der Waals surface area contributed by atoms with Gasteiger partial charge < -0.3 is 4.74 Å². The smallest absolute Gasteiger partial charge is 0.426 e. The summed E-state index contributed by atoms with van der Waals surface area (Å²) < 4.78 is 43.1. The van der Waals surface area contributed by atoms with E-state index in [1.165, 1.54) is 19.1 Å². The molecule has 1 aromatic carbocycles. The number of alkyl halides is 3. The van der Waals surface area contributed by atoms with Gasteiger partial charge in [-0.2, -0.15) is 13.2 Å². The van der Waals surface area contributed by atoms with Crippen molar-refractivity contribution in [2.75, 3.05) is 5.43 Å². The van der Waals surface area contributed by atoms with Crippen LogP contribution in [0.15, 0.2) is 18.2 Å². The highest BCUT2D eigenvalue weighted by atomic mass is 19.4. The molecule has 0 unspecified atom stereocenters. The van der Waals surface area contributed by atoms with Crippen molar-refractivity contribution in [1.29, 1.82) is 0 Å². The molecular formula is C13H17F3N2O2. The lowest BCUT2D eigenvalue weighted by molar-refractivity contribution is -0.138. The number of halogens is 3. The first-order valence-corrected chi connectivity index (χ1v) is 5.92. The Morgan fingerprint density at radius 3 is 2.30 bits per heavy atom. The van der Waals surface area contributed by atoms with Crippen molar-refractivity contribution >= 4 is 11.8 Å². The summed E-state index contributed by atoms with van der Waals surface area (Å²) >= 11 is 0. The van der Waals surface area contributed by atoms with E-state index in [9.17, 15) is 18.0 Å². The van der Waals surface area contributed by atoms with Gasteiger partial charge in [0.1, 0.15) is 5.60 Å². The Balaban J connectivity index is 2.78. The van der Waals surface area contributed by atoms with Crippen LogP contribution in [0.4, 0.5) is 23.7 Å². The summed E-state index contributed by atoms with van der Waals surface area (Å²) in [5.41, 5.74) is 3.33. The van der Waals surface area contributed by atoms with Crippen LogP contribution in [0.25, 0.3) is 0 Å². The van der Waals surface area contributed by atoms with E-state index >= 15 is 0 Å². The number of ether oxygens (including phenoxy) is 1. The molecule has 0 aliphatic rings. The molecule has 0 fully saturated rings. The Labute approximate surface area is 115 Å². The number of carbonyl (C=O) groups is 1. The van der Waals surface area contributed by atoms with E-state index in [1.54, 1.807) is 20.8 Å². The minimum atomic E-state index is -4.44. The predicted molar refractivity (Wildman–Crippen MR) is 69.2 cm³/mol. The molecule has 112 valence electrons. The van der Waals surface area contributed by atoms with Gasteiger partial charge in [0.2, 0.25) is 0 Å². The van der Waals surface area contributed by atoms with Crippen LogP contribution in [0.5, 0.6) is 0 Å². The average molecular weight is 290 g/mol. The van der Waals surface area contributed by atoms with Gasteiger partial charge in [0.25, 0.3) is 0 Å². The number of anilines is 1. The third-order valence-corrected chi connectivity index (χ3v) is 2.34. The summed E-state index contributed by atoms with van der Waals surface area (Å²) in [5.74, 6) is 0. The number of rotatable bonds is 2. The van der Waals surface area contributed by atoms with Gasteiger partial charge in [-0.25, -0.2) is 10.2 Å². The van der Waals surface area contributed by atoms with Gasteiger partial charge >= 0.3 is 12.3 Å². The molecular weight excluding hydrogens is 273 g/mol. The lowest BCUT2D eigenvalue weighted by atomic mass is 10.1. The van der Waals surface area contributed by atoms with E-state index in [1.807, 2.05) is 0 Å². The summed E-state index contributed by atoms with van der Waals surface area (Å²) in [6.07, 6.45) is -5.21. The molecule has 20 heavy (non-hydrogen) atoms. The zero-order valence-electron chi connectivity index (χ0n) is 11.7. The van der Waals surface area contributed by atoms with Crippen molar-refractivity contribution in [3.05, 3.63) is 29.3 Å². The average Bonchev–Trinajstić information content (AvgIpc) is 2.23. The van der Waals surface area contributed by atoms with Crippen LogP contribution in [0.2, 0.25) is 0 Å². The molecule has 0 saturated heterocycles. The SMILES string of the molecule is Cc1c(NNC(=O)OC(C)(C)C)cccc1C(F)(F)F. The topological polar surface area (TPSA) is 50.4 Å². The Morgan fingerprint density at radius 2 is 1.80 bits per heavy atom. The molecule has 0 atom stereocenters. The number of hydrogen-bond donors (Lipinski definition) is 2. The van der Waals surface area contributed by atoms with Crippen molar-refractivity contribution in [1.82, 2.24) is 5.43 Å². The van der Waals surface area contributed by atoms with Crippen molar-refractivity contribution < 1.29 is 22.7 Å². The maximum absolute atomic E-state index is 12.7. The van der Waals surface area contributed by atoms with E-state index in [0.717, 1.165) is 6.07 Å². The fourth-order valence-corrected chi connectivity index (χ4v) is 1.50. The fraction of sp³-hybridized carbons (Fsp3) is 0.462. The number of hydrazine groups is 1. The van der Waals surface area contributed by atoms with E-state index in [2.05, 4.69) is 10.9 Å². The molecule has 1 aromatic rings. The van der Waals surface area contributed by atoms with Crippen molar-refractivity contribution in [2.45, 2.75) is 39.5 Å². The molecule has 0 saturated carbocycles. The lowest BCUT2D eigenvalue weighted by Crippen LogP contribution is -2.36. The second-order valence-electron chi connectivity index (χ2n) is 5.23. The first kappa shape index (κ1) is 16.1. The van der Waals surface area contributed by atoms with Crippen LogP contribution in [0.1, 0.15) is 31.9 Å². The highest BCUT2D eigenvalue weighted by Gasteiger charge is 2.32. The van der Waals surface area contributed by atoms with Gasteiger partial charge in [0.05, 0.1) is 11.3 Å². The van der Waals surface area contributed by atoms with E-state index in [-0.39, 0.29) is 11.3 Å². The first-order valence-electron chi connectivity index (χ1n) is 5.92. The van der Waals surface area contributed by atoms with E-state index in [4.69, 9.17) is 4.74 Å². The molecule has 1 rings (SSSR count). The quantitative estimate of drug-likeness (QED) is 0.813. The van der Waals surface area contributed by atoms with Gasteiger partial charge in [-0.05, 0) is 45.4 Å². The van der Waals surface area contributed by atoms with Gasteiger partial charge in [-0.15, -0.1) is 0 Å². The Kier molecular flexibility index (Phi) is 4.52. The summed E-state index contributed by atoms with van der Waals surface area (Å²) in [6, 6.07) is 3.67. The fourth-order valence-electron chi connectivity index (χ4n) is 1.50. The third-order valence-electron chi connectivity index (χ3n) is 2.34. The van der Waals surface area contributed by atoms with Crippen LogP contribution in [0, 0.1) is 6.92 Å². The van der Waals surface area contributed by atoms with Crippen molar-refractivity contribution in [3.8, 4) is 0 Å². The maximum atomic E-state index is 12.7. The Morgan fingerprint density at radius 1 is 1.20 bits per heavy atom. The summed E-state index contributed by atoms with van der Waals surface area (Å²) in [5, 5.41) is 0. The zero-order chi connectivity index (χ0) is 15.6. The second-order valence-corrected chi connectivity index (χ2v) is 5.23. The number of nitrogens with one attached hydrogen (secondary N) is 2. The van der Waals surface area contributed by atoms with Crippen LogP contribution in [0.3, 0.4) is 0 Å². The molecule has 0 bridgehead atoms. The Hall–Kier alpha value is -1.92.